The van der Waals surface area contributed by atoms with Crippen molar-refractivity contribution in [1.82, 2.24) is 0 Å². The molecule has 4 heteroatoms. The summed E-state index contributed by atoms with van der Waals surface area (Å²) in [6.07, 6.45) is 3.29. The van der Waals surface area contributed by atoms with E-state index >= 15 is 0 Å². The Kier molecular flexibility index (Phi) is 3.79. The number of nitrogens with zero attached hydrogens (tertiary/aromatic N) is 1. The van der Waals surface area contributed by atoms with Gasteiger partial charge in [0.25, 0.3) is 0 Å². The van der Waals surface area contributed by atoms with Gasteiger partial charge in [0.2, 0.25) is 0 Å². The number of fused-ring (bicyclic) bond motifs is 1. The van der Waals surface area contributed by atoms with Crippen LogP contribution in [-0.2, 0) is 16.1 Å². The van der Waals surface area contributed by atoms with E-state index in [1.807, 2.05) is 37.3 Å². The summed E-state index contributed by atoms with van der Waals surface area (Å²) < 4.78 is 4.89. The van der Waals surface area contributed by atoms with Crippen LogP contribution in [-0.4, -0.2) is 24.0 Å². The first kappa shape index (κ1) is 12.8. The maximum atomic E-state index is 12.1. The van der Waals surface area contributed by atoms with Crippen molar-refractivity contribution in [2.75, 3.05) is 13.2 Å². The molecule has 1 aliphatic rings. The molecule has 0 bridgehead atoms. The van der Waals surface area contributed by atoms with Gasteiger partial charge in [-0.25, -0.2) is 0 Å². The third-order valence-corrected chi connectivity index (χ3v) is 2.89. The third kappa shape index (κ3) is 2.30. The van der Waals surface area contributed by atoms with E-state index in [0.29, 0.717) is 19.8 Å². The SMILES string of the molecule is CCOC(=O)[N+]1(OCC)C=Cc2ccccc2C1. The second kappa shape index (κ2) is 5.33. The van der Waals surface area contributed by atoms with E-state index in [9.17, 15) is 4.79 Å². The molecule has 4 nitrogen and oxygen atoms in total. The molecule has 1 aromatic rings. The number of rotatable bonds is 3. The molecule has 0 fully saturated rings. The number of amides is 1. The van der Waals surface area contributed by atoms with E-state index in [2.05, 4.69) is 0 Å². The van der Waals surface area contributed by atoms with Gasteiger partial charge in [-0.15, -0.1) is 0 Å². The minimum Gasteiger partial charge on any atom is -0.418 e. The van der Waals surface area contributed by atoms with Crippen LogP contribution in [0.2, 0.25) is 0 Å². The Balaban J connectivity index is 2.32. The van der Waals surface area contributed by atoms with Crippen LogP contribution in [0.4, 0.5) is 4.79 Å². The van der Waals surface area contributed by atoms with E-state index in [-0.39, 0.29) is 10.7 Å². The molecule has 0 saturated heterocycles. The van der Waals surface area contributed by atoms with Gasteiger partial charge in [0.05, 0.1) is 6.61 Å². The van der Waals surface area contributed by atoms with Crippen LogP contribution in [0, 0.1) is 0 Å². The lowest BCUT2D eigenvalue weighted by Crippen LogP contribution is -2.48. The van der Waals surface area contributed by atoms with Crippen LogP contribution >= 0.6 is 0 Å². The van der Waals surface area contributed by atoms with Gasteiger partial charge in [-0.3, -0.25) is 0 Å². The highest BCUT2D eigenvalue weighted by molar-refractivity contribution is 5.63. The topological polar surface area (TPSA) is 35.5 Å². The minimum atomic E-state index is -0.370. The van der Waals surface area contributed by atoms with Crippen LogP contribution in [0.15, 0.2) is 30.5 Å². The zero-order chi connectivity index (χ0) is 13.0. The second-order valence-electron chi connectivity index (χ2n) is 4.08. The summed E-state index contributed by atoms with van der Waals surface area (Å²) >= 11 is 0. The lowest BCUT2D eigenvalue weighted by molar-refractivity contribution is -1.02. The predicted octanol–water partition coefficient (Wildman–Crippen LogP) is 3.10. The van der Waals surface area contributed by atoms with E-state index in [0.717, 1.165) is 11.1 Å². The third-order valence-electron chi connectivity index (χ3n) is 2.89. The fourth-order valence-electron chi connectivity index (χ4n) is 2.08. The number of hydroxylamine groups is 3. The van der Waals surface area contributed by atoms with Gasteiger partial charge in [-0.05, 0) is 19.4 Å². The summed E-state index contributed by atoms with van der Waals surface area (Å²) in [5.41, 5.74) is 2.21. The normalized spacial score (nSPS) is 21.4. The molecule has 0 aromatic heterocycles. The van der Waals surface area contributed by atoms with Gasteiger partial charge in [0.1, 0.15) is 12.8 Å². The van der Waals surface area contributed by atoms with Crippen molar-refractivity contribution in [2.24, 2.45) is 0 Å². The van der Waals surface area contributed by atoms with Crippen LogP contribution in [0.3, 0.4) is 0 Å². The zero-order valence-electron chi connectivity index (χ0n) is 10.8. The molecule has 1 aromatic carbocycles. The van der Waals surface area contributed by atoms with Gasteiger partial charge < -0.3 is 4.74 Å². The van der Waals surface area contributed by atoms with E-state index in [4.69, 9.17) is 9.57 Å². The van der Waals surface area contributed by atoms with Gasteiger partial charge >= 0.3 is 6.09 Å². The van der Waals surface area contributed by atoms with E-state index in [1.165, 1.54) is 0 Å². The van der Waals surface area contributed by atoms with Gasteiger partial charge in [-0.1, -0.05) is 28.9 Å². The number of hydrogen-bond acceptors (Lipinski definition) is 3. The Bertz CT molecular complexity index is 470. The van der Waals surface area contributed by atoms with Gasteiger partial charge in [0, 0.05) is 11.6 Å². The highest BCUT2D eigenvalue weighted by Crippen LogP contribution is 2.27. The van der Waals surface area contributed by atoms with Crippen molar-refractivity contribution in [3.8, 4) is 0 Å². The summed E-state index contributed by atoms with van der Waals surface area (Å²) in [5, 5.41) is 0. The van der Waals surface area contributed by atoms with Crippen LogP contribution in [0.5, 0.6) is 0 Å². The standard InChI is InChI=1S/C14H18NO3/c1-3-17-14(16)15(18-4-2)10-9-12-7-5-6-8-13(12)11-15/h5-10H,3-4,11H2,1-2H3/q+1. The number of carbonyl (C=O) groups is 1. The Morgan fingerprint density at radius 1 is 1.28 bits per heavy atom. The summed E-state index contributed by atoms with van der Waals surface area (Å²) in [6.45, 7) is 4.93. The molecule has 18 heavy (non-hydrogen) atoms. The second-order valence-corrected chi connectivity index (χ2v) is 4.08. The molecular weight excluding hydrogens is 230 g/mol. The van der Waals surface area contributed by atoms with E-state index in [1.54, 1.807) is 13.1 Å². The first-order valence-corrected chi connectivity index (χ1v) is 6.18. The number of quaternary nitrogens is 1. The average molecular weight is 248 g/mol. The molecule has 1 atom stereocenters. The van der Waals surface area contributed by atoms with Crippen molar-refractivity contribution in [2.45, 2.75) is 20.4 Å². The molecule has 0 saturated carbocycles. The number of ether oxygens (including phenoxy) is 1. The van der Waals surface area contributed by atoms with Crippen LogP contribution in [0.25, 0.3) is 6.08 Å². The van der Waals surface area contributed by atoms with Crippen molar-refractivity contribution < 1.29 is 19.0 Å². The number of carbonyl (C=O) groups excluding carboxylic acids is 1. The molecular formula is C14H18NO3+. The van der Waals surface area contributed by atoms with Crippen LogP contribution in [0.1, 0.15) is 25.0 Å². The molecule has 1 aliphatic heterocycles. The summed E-state index contributed by atoms with van der Waals surface area (Å²) in [4.78, 5) is 17.7. The minimum absolute atomic E-state index is 0.221. The smallest absolute Gasteiger partial charge is 0.418 e. The highest BCUT2D eigenvalue weighted by atomic mass is 16.8. The first-order chi connectivity index (χ1) is 8.72. The van der Waals surface area contributed by atoms with E-state index < -0.39 is 0 Å². The first-order valence-electron chi connectivity index (χ1n) is 6.18. The molecule has 96 valence electrons. The molecule has 0 radical (unpaired) electrons. The maximum absolute atomic E-state index is 12.1. The molecule has 0 aliphatic carbocycles. The summed E-state index contributed by atoms with van der Waals surface area (Å²) in [5.74, 6) is 0. The van der Waals surface area contributed by atoms with Crippen molar-refractivity contribution in [3.63, 3.8) is 0 Å². The summed E-state index contributed by atoms with van der Waals surface area (Å²) in [6, 6.07) is 7.97. The molecule has 1 amide bonds. The number of hydrogen-bond donors (Lipinski definition) is 0. The molecule has 2 rings (SSSR count). The molecule has 0 spiro atoms. The average Bonchev–Trinajstić information content (AvgIpc) is 2.39. The van der Waals surface area contributed by atoms with Gasteiger partial charge in [0.15, 0.2) is 6.54 Å². The fourth-order valence-corrected chi connectivity index (χ4v) is 2.08. The highest BCUT2D eigenvalue weighted by Gasteiger charge is 2.42. The molecule has 1 unspecified atom stereocenters. The Labute approximate surface area is 107 Å². The van der Waals surface area contributed by atoms with Crippen molar-refractivity contribution >= 4 is 12.2 Å². The Morgan fingerprint density at radius 3 is 2.78 bits per heavy atom. The van der Waals surface area contributed by atoms with Crippen molar-refractivity contribution in [1.29, 1.82) is 0 Å². The predicted molar refractivity (Wildman–Crippen MR) is 68.1 cm³/mol. The lowest BCUT2D eigenvalue weighted by atomic mass is 10.0. The Hall–Kier alpha value is -1.65. The summed E-state index contributed by atoms with van der Waals surface area (Å²) in [7, 11) is 0. The fraction of sp³-hybridized carbons (Fsp3) is 0.357. The molecule has 1 heterocycles. The maximum Gasteiger partial charge on any atom is 0.554 e. The number of benzene rings is 1. The quantitative estimate of drug-likeness (QED) is 0.771. The van der Waals surface area contributed by atoms with Crippen LogP contribution < -0.4 is 0 Å². The monoisotopic (exact) mass is 248 g/mol. The zero-order valence-corrected chi connectivity index (χ0v) is 10.8. The van der Waals surface area contributed by atoms with Gasteiger partial charge in [-0.2, -0.15) is 9.63 Å². The van der Waals surface area contributed by atoms with Crippen molar-refractivity contribution in [3.05, 3.63) is 41.6 Å². The Morgan fingerprint density at radius 2 is 2.06 bits per heavy atom. The largest absolute Gasteiger partial charge is 0.554 e. The molecule has 0 N–H and O–H groups in total. The lowest BCUT2D eigenvalue weighted by Gasteiger charge is -2.30.